The summed E-state index contributed by atoms with van der Waals surface area (Å²) < 4.78 is 0. The summed E-state index contributed by atoms with van der Waals surface area (Å²) in [7, 11) is 0. The number of carbonyl (C=O) groups excluding carboxylic acids is 2. The molecule has 0 unspecified atom stereocenters. The number of carboxylic acid groups (broad SMARTS) is 2. The predicted molar refractivity (Wildman–Crippen MR) is 114 cm³/mol. The van der Waals surface area contributed by atoms with Crippen molar-refractivity contribution in [1.29, 1.82) is 0 Å². The normalized spacial score (nSPS) is 20.2. The molecule has 0 saturated heterocycles. The predicted octanol–water partition coefficient (Wildman–Crippen LogP) is -1.19. The monoisotopic (exact) mass is 443 g/mol. The van der Waals surface area contributed by atoms with Crippen molar-refractivity contribution in [1.82, 2.24) is 10.6 Å². The molecule has 168 valence electrons. The van der Waals surface area contributed by atoms with Crippen LogP contribution in [0.5, 0.6) is 0 Å². The molecule has 13 heteroatoms. The van der Waals surface area contributed by atoms with Crippen molar-refractivity contribution in [3.8, 4) is 0 Å². The van der Waals surface area contributed by atoms with E-state index < -0.39 is 36.1 Å². The molecule has 3 atom stereocenters. The zero-order valence-electron chi connectivity index (χ0n) is 16.7. The van der Waals surface area contributed by atoms with E-state index in [1.165, 1.54) is 18.3 Å². The third kappa shape index (κ3) is 5.65. The van der Waals surface area contributed by atoms with Gasteiger partial charge in [-0.15, -0.1) is 0 Å². The van der Waals surface area contributed by atoms with E-state index in [9.17, 15) is 19.2 Å². The average molecular weight is 443 g/mol. The van der Waals surface area contributed by atoms with Crippen molar-refractivity contribution >= 4 is 47.3 Å². The van der Waals surface area contributed by atoms with Gasteiger partial charge in [0, 0.05) is 23.9 Å². The minimum atomic E-state index is -1.31. The summed E-state index contributed by atoms with van der Waals surface area (Å²) in [5.74, 6) is -3.46. The highest BCUT2D eigenvalue weighted by atomic mass is 16.4. The van der Waals surface area contributed by atoms with E-state index in [0.29, 0.717) is 11.4 Å². The van der Waals surface area contributed by atoms with E-state index in [0.717, 1.165) is 0 Å². The van der Waals surface area contributed by atoms with Crippen LogP contribution in [0.4, 0.5) is 5.69 Å². The largest absolute Gasteiger partial charge is 0.481 e. The van der Waals surface area contributed by atoms with Gasteiger partial charge in [0.2, 0.25) is 0 Å². The first-order chi connectivity index (χ1) is 15.2. The number of aliphatic carboxylic acids is 2. The highest BCUT2D eigenvalue weighted by Crippen LogP contribution is 2.14. The first-order valence-electron chi connectivity index (χ1n) is 9.56. The second-order valence-corrected chi connectivity index (χ2v) is 6.99. The lowest BCUT2D eigenvalue weighted by Gasteiger charge is -2.25. The number of nitrogens with two attached hydrogens (primary N) is 1. The van der Waals surface area contributed by atoms with E-state index >= 15 is 0 Å². The number of guanidine groups is 1. The Balaban J connectivity index is 1.56. The molecule has 0 spiro atoms. The molecule has 2 aliphatic heterocycles. The molecule has 0 fully saturated rings. The van der Waals surface area contributed by atoms with Crippen LogP contribution in [0, 0.1) is 0 Å². The van der Waals surface area contributed by atoms with Crippen LogP contribution in [0.2, 0.25) is 0 Å². The Bertz CT molecular complexity index is 1020. The molecular weight excluding hydrogens is 422 g/mol. The molecule has 0 saturated carbocycles. The Morgan fingerprint density at radius 1 is 1.16 bits per heavy atom. The molecule has 0 aliphatic carbocycles. The molecule has 3 rings (SSSR count). The molecular formula is C19H21N7O6. The van der Waals surface area contributed by atoms with E-state index in [-0.39, 0.29) is 36.8 Å². The average Bonchev–Trinajstić information content (AvgIpc) is 2.75. The number of rotatable bonds is 9. The standard InChI is InChI=1S/C19H21N7O6/c20-19-25-15-14(17(30)26-19)23-11(8-22-15)7-21-10-3-1-9(2-4-10)16(29)24-12(18(31)32)5-6-13(27)28/h1-4,8,12,14-15,21H,5-7H2,(H,24,29)(H,27,28)(H,31,32)(H3,20,25,26,30)/t12-,14-,15-/m0/s1. The van der Waals surface area contributed by atoms with E-state index in [1.54, 1.807) is 12.1 Å². The van der Waals surface area contributed by atoms with Crippen LogP contribution in [0.15, 0.2) is 39.2 Å². The van der Waals surface area contributed by atoms with E-state index in [1.807, 2.05) is 0 Å². The van der Waals surface area contributed by atoms with E-state index in [4.69, 9.17) is 15.9 Å². The lowest BCUT2D eigenvalue weighted by Crippen LogP contribution is -2.52. The van der Waals surface area contributed by atoms with Gasteiger partial charge in [0.15, 0.2) is 18.2 Å². The summed E-state index contributed by atoms with van der Waals surface area (Å²) in [5, 5.41) is 25.6. The summed E-state index contributed by atoms with van der Waals surface area (Å²) in [6.45, 7) is 0.265. The van der Waals surface area contributed by atoms with Crippen molar-refractivity contribution in [3.05, 3.63) is 29.8 Å². The molecule has 13 nitrogen and oxygen atoms in total. The van der Waals surface area contributed by atoms with Crippen molar-refractivity contribution in [2.24, 2.45) is 20.7 Å². The Labute approximate surface area is 181 Å². The zero-order valence-corrected chi connectivity index (χ0v) is 16.7. The smallest absolute Gasteiger partial charge is 0.326 e. The van der Waals surface area contributed by atoms with Gasteiger partial charge in [-0.05, 0) is 30.7 Å². The third-order valence-corrected chi connectivity index (χ3v) is 4.63. The lowest BCUT2D eigenvalue weighted by atomic mass is 10.1. The fraction of sp³-hybridized carbons (Fsp3) is 0.316. The summed E-state index contributed by atoms with van der Waals surface area (Å²) in [6, 6.07) is 4.13. The number of anilines is 1. The van der Waals surface area contributed by atoms with Crippen LogP contribution in [0.25, 0.3) is 0 Å². The molecule has 2 amide bonds. The summed E-state index contributed by atoms with van der Waals surface area (Å²) in [6.07, 6.45) is 0.234. The number of aliphatic imine (C=N–C) groups is 3. The lowest BCUT2D eigenvalue weighted by molar-refractivity contribution is -0.140. The van der Waals surface area contributed by atoms with Crippen molar-refractivity contribution in [2.45, 2.75) is 31.1 Å². The molecule has 7 N–H and O–H groups in total. The van der Waals surface area contributed by atoms with Crippen LogP contribution < -0.4 is 21.7 Å². The van der Waals surface area contributed by atoms with Gasteiger partial charge in [-0.2, -0.15) is 0 Å². The van der Waals surface area contributed by atoms with Crippen LogP contribution >= 0.6 is 0 Å². The van der Waals surface area contributed by atoms with Gasteiger partial charge in [-0.1, -0.05) is 0 Å². The fourth-order valence-electron chi connectivity index (χ4n) is 2.99. The fourth-order valence-corrected chi connectivity index (χ4v) is 2.99. The quantitative estimate of drug-likeness (QED) is 0.273. The summed E-state index contributed by atoms with van der Waals surface area (Å²) >= 11 is 0. The Kier molecular flexibility index (Phi) is 6.77. The number of carboxylic acids is 2. The number of hydrogen-bond acceptors (Lipinski definition) is 9. The number of hydrogen-bond donors (Lipinski definition) is 6. The van der Waals surface area contributed by atoms with Gasteiger partial charge >= 0.3 is 11.9 Å². The highest BCUT2D eigenvalue weighted by Gasteiger charge is 2.34. The molecule has 0 bridgehead atoms. The Morgan fingerprint density at radius 2 is 1.88 bits per heavy atom. The minimum absolute atomic E-state index is 0.00543. The molecule has 0 radical (unpaired) electrons. The van der Waals surface area contributed by atoms with Crippen LogP contribution in [-0.2, 0) is 14.4 Å². The molecule has 2 aliphatic rings. The molecule has 0 aromatic heterocycles. The van der Waals surface area contributed by atoms with Gasteiger partial charge in [0.25, 0.3) is 11.8 Å². The van der Waals surface area contributed by atoms with Crippen LogP contribution in [0.3, 0.4) is 0 Å². The summed E-state index contributed by atoms with van der Waals surface area (Å²) in [4.78, 5) is 58.6. The number of benzene rings is 1. The topological polar surface area (TPSA) is 208 Å². The first kappa shape index (κ1) is 22.4. The number of nitrogens with one attached hydrogen (secondary N) is 3. The zero-order chi connectivity index (χ0) is 23.3. The Morgan fingerprint density at radius 3 is 2.53 bits per heavy atom. The van der Waals surface area contributed by atoms with Crippen molar-refractivity contribution < 1.29 is 29.4 Å². The van der Waals surface area contributed by atoms with Gasteiger partial charge in [0.05, 0.1) is 12.3 Å². The molecule has 1 aromatic carbocycles. The SMILES string of the molecule is NC1=N[C@@H]2N=CC(CNc3ccc(C(=O)N[C@@H](CCC(=O)O)C(=O)O)cc3)=N[C@@H]2C(=O)N1. The first-order valence-corrected chi connectivity index (χ1v) is 9.56. The second-order valence-electron chi connectivity index (χ2n) is 6.99. The number of fused-ring (bicyclic) bond motifs is 1. The maximum atomic E-state index is 12.3. The van der Waals surface area contributed by atoms with Crippen LogP contribution in [-0.4, -0.2) is 76.6 Å². The van der Waals surface area contributed by atoms with Gasteiger partial charge in [0.1, 0.15) is 6.04 Å². The van der Waals surface area contributed by atoms with Gasteiger partial charge < -0.3 is 26.6 Å². The molecule has 1 aromatic rings. The summed E-state index contributed by atoms with van der Waals surface area (Å²) in [5.41, 5.74) is 6.90. The highest BCUT2D eigenvalue weighted by molar-refractivity contribution is 6.33. The van der Waals surface area contributed by atoms with Crippen molar-refractivity contribution in [3.63, 3.8) is 0 Å². The van der Waals surface area contributed by atoms with Gasteiger partial charge in [-0.3, -0.25) is 29.7 Å². The van der Waals surface area contributed by atoms with Crippen LogP contribution in [0.1, 0.15) is 23.2 Å². The maximum Gasteiger partial charge on any atom is 0.326 e. The van der Waals surface area contributed by atoms with E-state index in [2.05, 4.69) is 30.9 Å². The van der Waals surface area contributed by atoms with Crippen molar-refractivity contribution in [2.75, 3.05) is 11.9 Å². The second kappa shape index (κ2) is 9.68. The number of carbonyl (C=O) groups is 4. The Hall–Kier alpha value is -4.29. The maximum absolute atomic E-state index is 12.3. The molecule has 32 heavy (non-hydrogen) atoms. The molecule has 2 heterocycles. The third-order valence-electron chi connectivity index (χ3n) is 4.63. The minimum Gasteiger partial charge on any atom is -0.481 e. The number of nitrogens with zero attached hydrogens (tertiary/aromatic N) is 3. The number of amides is 2. The van der Waals surface area contributed by atoms with Gasteiger partial charge in [-0.25, -0.2) is 9.79 Å².